The van der Waals surface area contributed by atoms with Crippen LogP contribution in [0.4, 0.5) is 0 Å². The number of rotatable bonds is 9. The average molecular weight is 205 g/mol. The van der Waals surface area contributed by atoms with Crippen molar-refractivity contribution >= 4 is 0 Å². The fourth-order valence-corrected chi connectivity index (χ4v) is 1.26. The van der Waals surface area contributed by atoms with Gasteiger partial charge in [0, 0.05) is 27.4 Å². The number of aliphatic hydroxyl groups is 1. The number of ether oxygens (including phenoxy) is 2. The highest BCUT2D eigenvalue weighted by molar-refractivity contribution is 4.54. The first-order valence-electron chi connectivity index (χ1n) is 5.09. The van der Waals surface area contributed by atoms with Gasteiger partial charge in [0.25, 0.3) is 0 Å². The van der Waals surface area contributed by atoms with Crippen molar-refractivity contribution < 1.29 is 14.6 Å². The van der Waals surface area contributed by atoms with Crippen molar-refractivity contribution in [2.75, 3.05) is 41.0 Å². The number of hydrogen-bond acceptors (Lipinski definition) is 4. The summed E-state index contributed by atoms with van der Waals surface area (Å²) in [4.78, 5) is 2.18. The lowest BCUT2D eigenvalue weighted by Gasteiger charge is -2.21. The molecule has 14 heavy (non-hydrogen) atoms. The highest BCUT2D eigenvalue weighted by Gasteiger charge is 2.08. The average Bonchev–Trinajstić information content (AvgIpc) is 2.21. The fourth-order valence-electron chi connectivity index (χ4n) is 1.26. The molecule has 86 valence electrons. The van der Waals surface area contributed by atoms with Crippen molar-refractivity contribution in [1.29, 1.82) is 0 Å². The van der Waals surface area contributed by atoms with Gasteiger partial charge in [-0.1, -0.05) is 0 Å². The number of hydrogen-bond donors (Lipinski definition) is 1. The van der Waals surface area contributed by atoms with Crippen LogP contribution in [0.3, 0.4) is 0 Å². The van der Waals surface area contributed by atoms with Crippen LogP contribution in [-0.4, -0.2) is 57.3 Å². The van der Waals surface area contributed by atoms with Gasteiger partial charge in [0.2, 0.25) is 0 Å². The Bertz CT molecular complexity index is 118. The van der Waals surface area contributed by atoms with E-state index in [0.29, 0.717) is 6.61 Å². The molecule has 0 aliphatic heterocycles. The Hall–Kier alpha value is -0.160. The summed E-state index contributed by atoms with van der Waals surface area (Å²) in [5.74, 6) is 0. The zero-order valence-corrected chi connectivity index (χ0v) is 9.53. The van der Waals surface area contributed by atoms with Crippen LogP contribution in [0.5, 0.6) is 0 Å². The standard InChI is InChI=1S/C10H23NO3/c1-11(7-5-4-6-8-12)9-10(13-2)14-3/h10,12H,4-9H2,1-3H3. The summed E-state index contributed by atoms with van der Waals surface area (Å²) in [6, 6.07) is 0. The maximum atomic E-state index is 8.60. The maximum Gasteiger partial charge on any atom is 0.169 e. The normalized spacial score (nSPS) is 11.6. The van der Waals surface area contributed by atoms with E-state index in [1.807, 2.05) is 7.05 Å². The second-order valence-corrected chi connectivity index (χ2v) is 3.45. The quantitative estimate of drug-likeness (QED) is 0.444. The topological polar surface area (TPSA) is 41.9 Å². The van der Waals surface area contributed by atoms with E-state index in [9.17, 15) is 0 Å². The second kappa shape index (κ2) is 9.40. The summed E-state index contributed by atoms with van der Waals surface area (Å²) in [6.45, 7) is 2.10. The van der Waals surface area contributed by atoms with Crippen LogP contribution >= 0.6 is 0 Å². The third-order valence-electron chi connectivity index (χ3n) is 2.18. The second-order valence-electron chi connectivity index (χ2n) is 3.45. The zero-order chi connectivity index (χ0) is 10.8. The van der Waals surface area contributed by atoms with Gasteiger partial charge in [-0.25, -0.2) is 0 Å². The molecule has 0 saturated heterocycles. The molecule has 0 aliphatic carbocycles. The van der Waals surface area contributed by atoms with E-state index in [-0.39, 0.29) is 6.29 Å². The smallest absolute Gasteiger partial charge is 0.169 e. The molecule has 4 heteroatoms. The lowest BCUT2D eigenvalue weighted by atomic mass is 10.2. The van der Waals surface area contributed by atoms with E-state index in [2.05, 4.69) is 4.90 Å². The predicted molar refractivity (Wildman–Crippen MR) is 56.2 cm³/mol. The molecule has 0 atom stereocenters. The third-order valence-corrected chi connectivity index (χ3v) is 2.18. The van der Waals surface area contributed by atoms with Gasteiger partial charge in [-0.05, 0) is 32.9 Å². The van der Waals surface area contributed by atoms with E-state index in [0.717, 1.165) is 32.4 Å². The van der Waals surface area contributed by atoms with Crippen LogP contribution in [0, 0.1) is 0 Å². The van der Waals surface area contributed by atoms with Gasteiger partial charge in [-0.3, -0.25) is 0 Å². The molecule has 1 N–H and O–H groups in total. The maximum absolute atomic E-state index is 8.60. The van der Waals surface area contributed by atoms with Crippen molar-refractivity contribution in [2.24, 2.45) is 0 Å². The van der Waals surface area contributed by atoms with Gasteiger partial charge in [0.15, 0.2) is 6.29 Å². The third kappa shape index (κ3) is 7.26. The number of nitrogens with zero attached hydrogens (tertiary/aromatic N) is 1. The molecule has 0 fully saturated rings. The van der Waals surface area contributed by atoms with Crippen LogP contribution in [0.15, 0.2) is 0 Å². The van der Waals surface area contributed by atoms with Gasteiger partial charge in [0.1, 0.15) is 0 Å². The van der Waals surface area contributed by atoms with Crippen molar-refractivity contribution in [3.05, 3.63) is 0 Å². The fraction of sp³-hybridized carbons (Fsp3) is 1.00. The number of aliphatic hydroxyl groups excluding tert-OH is 1. The largest absolute Gasteiger partial charge is 0.396 e. The Labute approximate surface area is 86.8 Å². The van der Waals surface area contributed by atoms with E-state index in [1.54, 1.807) is 14.2 Å². The van der Waals surface area contributed by atoms with Crippen LogP contribution in [-0.2, 0) is 9.47 Å². The van der Waals surface area contributed by atoms with Crippen molar-refractivity contribution in [2.45, 2.75) is 25.6 Å². The van der Waals surface area contributed by atoms with Crippen LogP contribution in [0.25, 0.3) is 0 Å². The zero-order valence-electron chi connectivity index (χ0n) is 9.53. The molecule has 0 rings (SSSR count). The van der Waals surface area contributed by atoms with Gasteiger partial charge >= 0.3 is 0 Å². The summed E-state index contributed by atoms with van der Waals surface area (Å²) < 4.78 is 10.2. The van der Waals surface area contributed by atoms with Gasteiger partial charge in [-0.2, -0.15) is 0 Å². The molecule has 0 amide bonds. The Morgan fingerprint density at radius 2 is 1.79 bits per heavy atom. The molecule has 0 spiro atoms. The Morgan fingerprint density at radius 1 is 1.14 bits per heavy atom. The number of unbranched alkanes of at least 4 members (excludes halogenated alkanes) is 2. The van der Waals surface area contributed by atoms with Crippen molar-refractivity contribution in [1.82, 2.24) is 4.90 Å². The molecule has 4 nitrogen and oxygen atoms in total. The molecule has 0 aromatic rings. The summed E-state index contributed by atoms with van der Waals surface area (Å²) in [5, 5.41) is 8.60. The number of likely N-dealkylation sites (N-methyl/N-ethyl adjacent to an activating group) is 1. The first-order valence-corrected chi connectivity index (χ1v) is 5.09. The SMILES string of the molecule is COC(CN(C)CCCCCO)OC. The summed E-state index contributed by atoms with van der Waals surface area (Å²) >= 11 is 0. The van der Waals surface area contributed by atoms with E-state index < -0.39 is 0 Å². The lowest BCUT2D eigenvalue weighted by molar-refractivity contribution is -0.113. The first kappa shape index (κ1) is 13.8. The minimum Gasteiger partial charge on any atom is -0.396 e. The van der Waals surface area contributed by atoms with Crippen molar-refractivity contribution in [3.63, 3.8) is 0 Å². The van der Waals surface area contributed by atoms with Crippen LogP contribution in [0.2, 0.25) is 0 Å². The molecule has 0 heterocycles. The van der Waals surface area contributed by atoms with Gasteiger partial charge < -0.3 is 19.5 Å². The summed E-state index contributed by atoms with van der Waals surface area (Å²) in [6.07, 6.45) is 2.94. The molecule has 0 radical (unpaired) electrons. The van der Waals surface area contributed by atoms with E-state index in [1.165, 1.54) is 0 Å². The molecule has 0 saturated carbocycles. The van der Waals surface area contributed by atoms with Gasteiger partial charge in [0.05, 0.1) is 0 Å². The highest BCUT2D eigenvalue weighted by Crippen LogP contribution is 1.99. The molecule has 0 aromatic heterocycles. The molecule has 0 unspecified atom stereocenters. The first-order chi connectivity index (χ1) is 6.74. The van der Waals surface area contributed by atoms with E-state index >= 15 is 0 Å². The lowest BCUT2D eigenvalue weighted by Crippen LogP contribution is -2.32. The minimum atomic E-state index is -0.141. The summed E-state index contributed by atoms with van der Waals surface area (Å²) in [5.41, 5.74) is 0. The van der Waals surface area contributed by atoms with Crippen LogP contribution in [0.1, 0.15) is 19.3 Å². The van der Waals surface area contributed by atoms with Crippen molar-refractivity contribution in [3.8, 4) is 0 Å². The highest BCUT2D eigenvalue weighted by atomic mass is 16.7. The Morgan fingerprint density at radius 3 is 2.29 bits per heavy atom. The molecule has 0 bridgehead atoms. The van der Waals surface area contributed by atoms with Crippen LogP contribution < -0.4 is 0 Å². The molecule has 0 aromatic carbocycles. The monoisotopic (exact) mass is 205 g/mol. The molecule has 0 aliphatic rings. The summed E-state index contributed by atoms with van der Waals surface area (Å²) in [7, 11) is 5.34. The Balaban J connectivity index is 3.38. The molecular weight excluding hydrogens is 182 g/mol. The number of methoxy groups -OCH3 is 2. The predicted octanol–water partition coefficient (Wildman–Crippen LogP) is 0.700. The Kier molecular flexibility index (Phi) is 9.29. The van der Waals surface area contributed by atoms with Gasteiger partial charge in [-0.15, -0.1) is 0 Å². The minimum absolute atomic E-state index is 0.141. The van der Waals surface area contributed by atoms with E-state index in [4.69, 9.17) is 14.6 Å². The molecular formula is C10H23NO3.